The van der Waals surface area contributed by atoms with Gasteiger partial charge in [0.15, 0.2) is 5.60 Å². The summed E-state index contributed by atoms with van der Waals surface area (Å²) in [4.78, 5) is 10.2. The first-order valence-corrected chi connectivity index (χ1v) is 4.11. The molecule has 0 aromatic rings. The van der Waals surface area contributed by atoms with Crippen LogP contribution in [0, 0.1) is 0 Å². The van der Waals surface area contributed by atoms with Crippen LogP contribution >= 0.6 is 0 Å². The lowest BCUT2D eigenvalue weighted by molar-refractivity contribution is -0.267. The molecule has 0 radical (unpaired) electrons. The lowest BCUT2D eigenvalue weighted by Crippen LogP contribution is -2.48. The first kappa shape index (κ1) is 14.2. The van der Waals surface area contributed by atoms with Crippen LogP contribution in [0.1, 0.15) is 26.7 Å². The quantitative estimate of drug-likeness (QED) is 0.671. The largest absolute Gasteiger partial charge is 0.481 e. The molecule has 15 heavy (non-hydrogen) atoms. The van der Waals surface area contributed by atoms with Gasteiger partial charge in [0.2, 0.25) is 0 Å². The van der Waals surface area contributed by atoms with Crippen molar-refractivity contribution < 1.29 is 33.3 Å². The van der Waals surface area contributed by atoms with E-state index >= 15 is 0 Å². The summed E-state index contributed by atoms with van der Waals surface area (Å²) >= 11 is 0. The van der Waals surface area contributed by atoms with Gasteiger partial charge >= 0.3 is 12.1 Å². The number of halogens is 3. The van der Waals surface area contributed by atoms with Crippen LogP contribution in [-0.4, -0.2) is 38.7 Å². The third kappa shape index (κ3) is 4.48. The molecule has 7 heteroatoms. The maximum atomic E-state index is 12.2. The first-order valence-electron chi connectivity index (χ1n) is 4.11. The van der Waals surface area contributed by atoms with Gasteiger partial charge in [-0.3, -0.25) is 4.79 Å². The van der Waals surface area contributed by atoms with E-state index in [1.807, 2.05) is 0 Å². The Kier molecular flexibility index (Phi) is 3.76. The summed E-state index contributed by atoms with van der Waals surface area (Å²) in [6.07, 6.45) is -6.86. The van der Waals surface area contributed by atoms with Crippen molar-refractivity contribution in [2.75, 3.05) is 0 Å². The van der Waals surface area contributed by atoms with Gasteiger partial charge in [-0.25, -0.2) is 0 Å². The Labute approximate surface area is 84.3 Å². The van der Waals surface area contributed by atoms with E-state index in [1.54, 1.807) is 0 Å². The van der Waals surface area contributed by atoms with Crippen molar-refractivity contribution in [3.05, 3.63) is 0 Å². The molecule has 2 unspecified atom stereocenters. The molecule has 0 heterocycles. The molecule has 0 bridgehead atoms. The van der Waals surface area contributed by atoms with E-state index in [2.05, 4.69) is 0 Å². The van der Waals surface area contributed by atoms with Gasteiger partial charge in [0.05, 0.1) is 12.0 Å². The zero-order valence-corrected chi connectivity index (χ0v) is 8.30. The summed E-state index contributed by atoms with van der Waals surface area (Å²) in [6, 6.07) is 0. The minimum absolute atomic E-state index is 0.489. The van der Waals surface area contributed by atoms with Crippen LogP contribution in [0.25, 0.3) is 0 Å². The van der Waals surface area contributed by atoms with Gasteiger partial charge in [0.25, 0.3) is 0 Å². The van der Waals surface area contributed by atoms with E-state index in [0.29, 0.717) is 6.92 Å². The summed E-state index contributed by atoms with van der Waals surface area (Å²) in [7, 11) is 0. The normalized spacial score (nSPS) is 20.5. The second kappa shape index (κ2) is 3.97. The van der Waals surface area contributed by atoms with Crippen LogP contribution in [0.4, 0.5) is 13.2 Å². The fourth-order valence-corrected chi connectivity index (χ4v) is 1.23. The molecule has 0 rings (SSSR count). The van der Waals surface area contributed by atoms with Crippen molar-refractivity contribution in [3.8, 4) is 0 Å². The molecule has 0 fully saturated rings. The molecule has 0 saturated carbocycles. The molecule has 0 aromatic heterocycles. The Morgan fingerprint density at radius 2 is 1.60 bits per heavy atom. The van der Waals surface area contributed by atoms with Crippen molar-refractivity contribution in [1.29, 1.82) is 0 Å². The average Bonchev–Trinajstić information content (AvgIpc) is 1.75. The van der Waals surface area contributed by atoms with Crippen molar-refractivity contribution >= 4 is 5.97 Å². The van der Waals surface area contributed by atoms with Crippen LogP contribution in [-0.2, 0) is 4.79 Å². The summed E-state index contributed by atoms with van der Waals surface area (Å²) in [6.45, 7) is 1.42. The molecular formula is C8H13F3O4. The van der Waals surface area contributed by atoms with Gasteiger partial charge in [-0.2, -0.15) is 13.2 Å². The van der Waals surface area contributed by atoms with Gasteiger partial charge in [-0.05, 0) is 13.8 Å². The van der Waals surface area contributed by atoms with Crippen LogP contribution in [0.3, 0.4) is 0 Å². The predicted molar refractivity (Wildman–Crippen MR) is 44.2 cm³/mol. The maximum absolute atomic E-state index is 12.2. The molecule has 0 aromatic carbocycles. The molecule has 0 aliphatic heterocycles. The number of carboxylic acid groups (broad SMARTS) is 1. The Hall–Kier alpha value is -0.820. The fourth-order valence-electron chi connectivity index (χ4n) is 1.23. The zero-order valence-electron chi connectivity index (χ0n) is 8.30. The van der Waals surface area contributed by atoms with E-state index in [4.69, 9.17) is 10.2 Å². The first-order chi connectivity index (χ1) is 6.37. The molecular weight excluding hydrogens is 217 g/mol. The fraction of sp³-hybridized carbons (Fsp3) is 0.875. The highest BCUT2D eigenvalue weighted by Gasteiger charge is 2.53. The number of aliphatic hydroxyl groups is 2. The number of alkyl halides is 3. The van der Waals surface area contributed by atoms with E-state index in [-0.39, 0.29) is 0 Å². The lowest BCUT2D eigenvalue weighted by Gasteiger charge is -2.33. The molecule has 0 amide bonds. The molecule has 0 aliphatic carbocycles. The summed E-state index contributed by atoms with van der Waals surface area (Å²) in [5.41, 5.74) is -5.21. The Balaban J connectivity index is 4.64. The van der Waals surface area contributed by atoms with Crippen LogP contribution < -0.4 is 0 Å². The monoisotopic (exact) mass is 230 g/mol. The van der Waals surface area contributed by atoms with E-state index in [1.165, 1.54) is 0 Å². The minimum atomic E-state index is -4.91. The van der Waals surface area contributed by atoms with Gasteiger partial charge < -0.3 is 15.3 Å². The number of aliphatic carboxylic acids is 1. The van der Waals surface area contributed by atoms with Gasteiger partial charge in [-0.1, -0.05) is 0 Å². The number of hydrogen-bond acceptors (Lipinski definition) is 3. The Morgan fingerprint density at radius 3 is 1.87 bits per heavy atom. The standard InChI is InChI=1S/C8H13F3O4/c1-6(14,3-5(12)13)4-7(2,15)8(9,10)11/h14-15H,3-4H2,1-2H3,(H,12,13). The highest BCUT2D eigenvalue weighted by Crippen LogP contribution is 2.36. The molecule has 3 N–H and O–H groups in total. The molecule has 90 valence electrons. The lowest BCUT2D eigenvalue weighted by atomic mass is 9.87. The van der Waals surface area contributed by atoms with Crippen molar-refractivity contribution in [2.24, 2.45) is 0 Å². The second-order valence-electron chi connectivity index (χ2n) is 4.02. The van der Waals surface area contributed by atoms with Crippen LogP contribution in [0.15, 0.2) is 0 Å². The third-order valence-electron chi connectivity index (χ3n) is 1.87. The highest BCUT2D eigenvalue weighted by atomic mass is 19.4. The van der Waals surface area contributed by atoms with E-state index in [9.17, 15) is 23.1 Å². The van der Waals surface area contributed by atoms with Crippen molar-refractivity contribution in [2.45, 2.75) is 44.1 Å². The molecule has 0 spiro atoms. The molecule has 4 nitrogen and oxygen atoms in total. The minimum Gasteiger partial charge on any atom is -0.481 e. The SMILES string of the molecule is CC(O)(CC(=O)O)CC(C)(O)C(F)(F)F. The second-order valence-corrected chi connectivity index (χ2v) is 4.02. The predicted octanol–water partition coefficient (Wildman–Crippen LogP) is 0.915. The number of carboxylic acids is 1. The Bertz CT molecular complexity index is 245. The zero-order chi connectivity index (χ0) is 12.5. The van der Waals surface area contributed by atoms with Gasteiger partial charge in [0.1, 0.15) is 0 Å². The molecule has 0 aliphatic rings. The summed E-state index contributed by atoms with van der Waals surface area (Å²) in [5.74, 6) is -1.43. The van der Waals surface area contributed by atoms with Crippen LogP contribution in [0.5, 0.6) is 0 Å². The number of rotatable bonds is 4. The molecule has 0 saturated heterocycles. The average molecular weight is 230 g/mol. The molecule has 2 atom stereocenters. The summed E-state index contributed by atoms with van der Waals surface area (Å²) < 4.78 is 36.6. The third-order valence-corrected chi connectivity index (χ3v) is 1.87. The van der Waals surface area contributed by atoms with Crippen LogP contribution in [0.2, 0.25) is 0 Å². The number of carbonyl (C=O) groups is 1. The van der Waals surface area contributed by atoms with Crippen molar-refractivity contribution in [3.63, 3.8) is 0 Å². The maximum Gasteiger partial charge on any atom is 0.417 e. The van der Waals surface area contributed by atoms with E-state index < -0.39 is 36.2 Å². The summed E-state index contributed by atoms with van der Waals surface area (Å²) in [5, 5.41) is 26.7. The highest BCUT2D eigenvalue weighted by molar-refractivity contribution is 5.68. The van der Waals surface area contributed by atoms with Gasteiger partial charge in [0, 0.05) is 6.42 Å². The number of hydrogen-bond donors (Lipinski definition) is 3. The van der Waals surface area contributed by atoms with Gasteiger partial charge in [-0.15, -0.1) is 0 Å². The topological polar surface area (TPSA) is 77.8 Å². The van der Waals surface area contributed by atoms with E-state index in [0.717, 1.165) is 6.92 Å². The van der Waals surface area contributed by atoms with Crippen molar-refractivity contribution in [1.82, 2.24) is 0 Å². The smallest absolute Gasteiger partial charge is 0.417 e. The Morgan fingerprint density at radius 1 is 1.20 bits per heavy atom.